The number of para-hydroxylation sites is 1. The molecule has 0 bridgehead atoms. The second-order valence-electron chi connectivity index (χ2n) is 5.29. The number of nitrogens with zero attached hydrogens (tertiary/aromatic N) is 2. The first-order chi connectivity index (χ1) is 10.7. The van der Waals surface area contributed by atoms with Crippen molar-refractivity contribution in [2.75, 3.05) is 4.90 Å². The molecule has 0 fully saturated rings. The third-order valence-electron chi connectivity index (χ3n) is 3.82. The molecule has 0 unspecified atom stereocenters. The van der Waals surface area contributed by atoms with Gasteiger partial charge in [0, 0.05) is 6.07 Å². The lowest BCUT2D eigenvalue weighted by Crippen LogP contribution is -2.47. The highest BCUT2D eigenvalue weighted by atomic mass is 16.2. The summed E-state index contributed by atoms with van der Waals surface area (Å²) in [7, 11) is 0. The highest BCUT2D eigenvalue weighted by Crippen LogP contribution is 2.21. The van der Waals surface area contributed by atoms with Gasteiger partial charge in [0.1, 0.15) is 5.69 Å². The van der Waals surface area contributed by atoms with E-state index in [2.05, 4.69) is 4.98 Å². The van der Waals surface area contributed by atoms with Gasteiger partial charge in [-0.15, -0.1) is 9.47 Å². The van der Waals surface area contributed by atoms with E-state index in [-0.39, 0.29) is 11.9 Å². The first-order valence-electron chi connectivity index (χ1n) is 6.98. The number of aromatic amines is 1. The van der Waals surface area contributed by atoms with Gasteiger partial charge in [0.15, 0.2) is 0 Å². The van der Waals surface area contributed by atoms with Gasteiger partial charge in [0.05, 0.1) is 0 Å². The Morgan fingerprint density at radius 3 is 2.59 bits per heavy atom. The summed E-state index contributed by atoms with van der Waals surface area (Å²) in [4.78, 5) is 29.7. The number of nitrogens with one attached hydrogen (secondary N) is 1. The van der Waals surface area contributed by atoms with Crippen molar-refractivity contribution in [2.45, 2.75) is 6.92 Å². The number of anilines is 1. The first-order valence-corrected chi connectivity index (χ1v) is 6.98. The molecule has 2 aromatic carbocycles. The smallest absolute Gasteiger partial charge is 0.236 e. The van der Waals surface area contributed by atoms with Gasteiger partial charge in [-0.3, -0.25) is 0 Å². The summed E-state index contributed by atoms with van der Waals surface area (Å²) in [6.07, 6.45) is 1.58. The van der Waals surface area contributed by atoms with Gasteiger partial charge in [-0.25, -0.2) is 9.78 Å². The number of hydrogen-bond acceptors (Lipinski definition) is 2. The Balaban J connectivity index is 1.98. The number of imide groups is 1. The van der Waals surface area contributed by atoms with E-state index in [1.807, 2.05) is 31.2 Å². The number of carbonyl (C=O) groups excluding carboxylic acids is 2. The lowest BCUT2D eigenvalue weighted by Gasteiger charge is -2.03. The van der Waals surface area contributed by atoms with Crippen LogP contribution in [-0.2, 0) is 0 Å². The zero-order valence-electron chi connectivity index (χ0n) is 11.9. The molecule has 2 heterocycles. The van der Waals surface area contributed by atoms with Crippen molar-refractivity contribution >= 4 is 28.7 Å². The predicted molar refractivity (Wildman–Crippen MR) is 79.5 cm³/mol. The second-order valence-corrected chi connectivity index (χ2v) is 5.29. The standard InChI is InChI=1S/C17H12N3O2/c1-11-7-8-13-14(9-11)20-15(10-18-13)16(21)19(17(20)22)12-5-3-2-4-6-12/h2-10H,1H3/q+1/p+1. The van der Waals surface area contributed by atoms with Gasteiger partial charge in [0.25, 0.3) is 11.2 Å². The summed E-state index contributed by atoms with van der Waals surface area (Å²) in [6.45, 7) is 1.95. The van der Waals surface area contributed by atoms with Crippen molar-refractivity contribution < 1.29 is 19.1 Å². The zero-order chi connectivity index (χ0) is 15.3. The SMILES string of the molecule is Cc1ccc2[nH+]cc3[n+](c2c1)C(=O)N(c1ccccc1)C3=O. The van der Waals surface area contributed by atoms with Gasteiger partial charge < -0.3 is 0 Å². The van der Waals surface area contributed by atoms with Crippen LogP contribution in [0.25, 0.3) is 11.0 Å². The molecule has 1 N–H and O–H groups in total. The molecular formula is C17H13N3O2+2. The number of aromatic nitrogens is 2. The normalized spacial score (nSPS) is 13.8. The summed E-state index contributed by atoms with van der Waals surface area (Å²) in [5.41, 5.74) is 3.45. The summed E-state index contributed by atoms with van der Waals surface area (Å²) < 4.78 is 1.47. The topological polar surface area (TPSA) is 55.4 Å². The molecule has 5 heteroatoms. The molecule has 0 spiro atoms. The van der Waals surface area contributed by atoms with Crippen molar-refractivity contribution in [3.8, 4) is 0 Å². The van der Waals surface area contributed by atoms with E-state index in [1.165, 1.54) is 9.47 Å². The molecule has 22 heavy (non-hydrogen) atoms. The van der Waals surface area contributed by atoms with E-state index in [4.69, 9.17) is 0 Å². The fourth-order valence-corrected chi connectivity index (χ4v) is 2.76. The predicted octanol–water partition coefficient (Wildman–Crippen LogP) is 1.88. The molecule has 0 atom stereocenters. The van der Waals surface area contributed by atoms with Gasteiger partial charge in [-0.2, -0.15) is 4.79 Å². The van der Waals surface area contributed by atoms with Crippen LogP contribution in [0.1, 0.15) is 16.1 Å². The van der Waals surface area contributed by atoms with Gasteiger partial charge >= 0.3 is 11.9 Å². The minimum Gasteiger partial charge on any atom is -0.236 e. The Labute approximate surface area is 126 Å². The van der Waals surface area contributed by atoms with Crippen LogP contribution in [0.2, 0.25) is 0 Å². The maximum absolute atomic E-state index is 12.8. The molecule has 0 aliphatic carbocycles. The third kappa shape index (κ3) is 1.65. The van der Waals surface area contributed by atoms with Crippen LogP contribution in [-0.4, -0.2) is 11.9 Å². The van der Waals surface area contributed by atoms with Gasteiger partial charge in [0.2, 0.25) is 11.7 Å². The Hall–Kier alpha value is -3.08. The fraction of sp³-hybridized carbons (Fsp3) is 0.0588. The molecule has 106 valence electrons. The number of amides is 2. The van der Waals surface area contributed by atoms with E-state index in [1.54, 1.807) is 30.5 Å². The molecule has 5 nitrogen and oxygen atoms in total. The minimum absolute atomic E-state index is 0.323. The van der Waals surface area contributed by atoms with Crippen molar-refractivity contribution in [1.82, 2.24) is 0 Å². The van der Waals surface area contributed by atoms with E-state index in [0.29, 0.717) is 16.9 Å². The number of fused-ring (bicyclic) bond motifs is 3. The molecule has 3 aromatic rings. The molecule has 1 aromatic heterocycles. The Kier molecular flexibility index (Phi) is 2.56. The van der Waals surface area contributed by atoms with E-state index in [0.717, 1.165) is 11.1 Å². The molecule has 2 amide bonds. The molecule has 0 radical (unpaired) electrons. The summed E-state index contributed by atoms with van der Waals surface area (Å²) in [6, 6.07) is 14.4. The molecule has 1 aliphatic heterocycles. The Morgan fingerprint density at radius 2 is 1.82 bits per heavy atom. The minimum atomic E-state index is -0.351. The average Bonchev–Trinajstić information content (AvgIpc) is 2.79. The molecular weight excluding hydrogens is 278 g/mol. The lowest BCUT2D eigenvalue weighted by atomic mass is 10.2. The largest absolute Gasteiger partial charge is 0.512 e. The maximum Gasteiger partial charge on any atom is 0.512 e. The number of H-pyrrole nitrogens is 1. The lowest BCUT2D eigenvalue weighted by molar-refractivity contribution is -0.551. The molecule has 0 saturated heterocycles. The Bertz CT molecular complexity index is 935. The zero-order valence-corrected chi connectivity index (χ0v) is 11.9. The third-order valence-corrected chi connectivity index (χ3v) is 3.82. The van der Waals surface area contributed by atoms with Crippen LogP contribution in [0, 0.1) is 6.92 Å². The van der Waals surface area contributed by atoms with Crippen molar-refractivity contribution in [2.24, 2.45) is 0 Å². The van der Waals surface area contributed by atoms with Crippen LogP contribution >= 0.6 is 0 Å². The van der Waals surface area contributed by atoms with E-state index < -0.39 is 0 Å². The highest BCUT2D eigenvalue weighted by Gasteiger charge is 2.49. The molecule has 4 rings (SSSR count). The van der Waals surface area contributed by atoms with Crippen molar-refractivity contribution in [3.05, 3.63) is 66.0 Å². The average molecular weight is 291 g/mol. The molecule has 1 aliphatic rings. The van der Waals surface area contributed by atoms with Crippen LogP contribution in [0.3, 0.4) is 0 Å². The van der Waals surface area contributed by atoms with Gasteiger partial charge in [-0.05, 0) is 30.7 Å². The summed E-state index contributed by atoms with van der Waals surface area (Å²) in [5, 5.41) is 0. The van der Waals surface area contributed by atoms with Crippen LogP contribution in [0.15, 0.2) is 54.7 Å². The number of benzene rings is 2. The number of rotatable bonds is 1. The summed E-state index contributed by atoms with van der Waals surface area (Å²) in [5.74, 6) is -0.323. The van der Waals surface area contributed by atoms with Crippen LogP contribution in [0.5, 0.6) is 0 Å². The van der Waals surface area contributed by atoms with E-state index >= 15 is 0 Å². The highest BCUT2D eigenvalue weighted by molar-refractivity contribution is 6.21. The Morgan fingerprint density at radius 1 is 1.05 bits per heavy atom. The fourth-order valence-electron chi connectivity index (χ4n) is 2.76. The van der Waals surface area contributed by atoms with Crippen molar-refractivity contribution in [1.29, 1.82) is 0 Å². The quantitative estimate of drug-likeness (QED) is 0.643. The van der Waals surface area contributed by atoms with E-state index in [9.17, 15) is 9.59 Å². The maximum atomic E-state index is 12.8. The summed E-state index contributed by atoms with van der Waals surface area (Å²) >= 11 is 0. The van der Waals surface area contributed by atoms with Gasteiger partial charge in [-0.1, -0.05) is 24.3 Å². The molecule has 0 saturated carbocycles. The van der Waals surface area contributed by atoms with Crippen LogP contribution < -0.4 is 14.5 Å². The number of hydrogen-bond donors (Lipinski definition) is 0. The second kappa shape index (κ2) is 4.46. The van der Waals surface area contributed by atoms with Crippen molar-refractivity contribution in [3.63, 3.8) is 0 Å². The number of aryl methyl sites for hydroxylation is 1. The first kappa shape index (κ1) is 12.6. The monoisotopic (exact) mass is 291 g/mol. The van der Waals surface area contributed by atoms with Crippen LogP contribution in [0.4, 0.5) is 10.5 Å². The number of carbonyl (C=O) groups is 2.